The van der Waals surface area contributed by atoms with Crippen LogP contribution < -0.4 is 4.74 Å². The van der Waals surface area contributed by atoms with Gasteiger partial charge < -0.3 is 14.6 Å². The number of carbonyl (C=O) groups is 1. The van der Waals surface area contributed by atoms with Gasteiger partial charge in [-0.05, 0) is 29.3 Å². The number of ether oxygens (including phenoxy) is 2. The smallest absolute Gasteiger partial charge is 0.336 e. The maximum absolute atomic E-state index is 11.6. The molecule has 0 aromatic heterocycles. The number of nitrogens with zero attached hydrogens (tertiary/aromatic N) is 1. The lowest BCUT2D eigenvalue weighted by molar-refractivity contribution is -0.130. The van der Waals surface area contributed by atoms with Crippen molar-refractivity contribution in [3.05, 3.63) is 65.7 Å². The SMILES string of the molecule is O=C(O)/C(=C\c1cccc(OCCN2CCOCC2)c1)c1ccccc1. The Hall–Kier alpha value is -2.63. The normalized spacial score (nSPS) is 15.6. The minimum Gasteiger partial charge on any atom is -0.492 e. The van der Waals surface area contributed by atoms with Crippen molar-refractivity contribution >= 4 is 17.6 Å². The number of carboxylic acids is 1. The molecule has 1 heterocycles. The van der Waals surface area contributed by atoms with Crippen LogP contribution in [0.25, 0.3) is 11.6 Å². The van der Waals surface area contributed by atoms with Crippen LogP contribution in [0, 0.1) is 0 Å². The van der Waals surface area contributed by atoms with E-state index in [4.69, 9.17) is 9.47 Å². The molecule has 0 amide bonds. The molecule has 0 aliphatic carbocycles. The molecule has 1 aliphatic rings. The summed E-state index contributed by atoms with van der Waals surface area (Å²) < 4.78 is 11.2. The Morgan fingerprint density at radius 1 is 1.12 bits per heavy atom. The molecule has 1 aliphatic heterocycles. The van der Waals surface area contributed by atoms with Gasteiger partial charge in [0.2, 0.25) is 0 Å². The summed E-state index contributed by atoms with van der Waals surface area (Å²) in [7, 11) is 0. The van der Waals surface area contributed by atoms with Crippen LogP contribution in [0.15, 0.2) is 54.6 Å². The van der Waals surface area contributed by atoms with Gasteiger partial charge in [-0.2, -0.15) is 0 Å². The first-order valence-corrected chi connectivity index (χ1v) is 8.76. The molecule has 0 radical (unpaired) electrons. The number of rotatable bonds is 7. The van der Waals surface area contributed by atoms with Crippen LogP contribution in [0.4, 0.5) is 0 Å². The van der Waals surface area contributed by atoms with Crippen molar-refractivity contribution in [2.75, 3.05) is 39.5 Å². The molecular weight excluding hydrogens is 330 g/mol. The lowest BCUT2D eigenvalue weighted by Gasteiger charge is -2.26. The van der Waals surface area contributed by atoms with E-state index in [1.54, 1.807) is 18.2 Å². The Morgan fingerprint density at radius 2 is 1.88 bits per heavy atom. The molecule has 5 nitrogen and oxygen atoms in total. The molecular formula is C21H23NO4. The summed E-state index contributed by atoms with van der Waals surface area (Å²) in [5, 5.41) is 9.53. The lowest BCUT2D eigenvalue weighted by Crippen LogP contribution is -2.38. The van der Waals surface area contributed by atoms with E-state index in [2.05, 4.69) is 4.90 Å². The highest BCUT2D eigenvalue weighted by Gasteiger charge is 2.11. The van der Waals surface area contributed by atoms with Crippen molar-refractivity contribution in [3.8, 4) is 5.75 Å². The van der Waals surface area contributed by atoms with Gasteiger partial charge >= 0.3 is 5.97 Å². The van der Waals surface area contributed by atoms with Gasteiger partial charge in [-0.25, -0.2) is 4.79 Å². The maximum Gasteiger partial charge on any atom is 0.336 e. The first kappa shape index (κ1) is 18.2. The Morgan fingerprint density at radius 3 is 2.62 bits per heavy atom. The molecule has 2 aromatic carbocycles. The van der Waals surface area contributed by atoms with Crippen LogP contribution in [0.2, 0.25) is 0 Å². The van der Waals surface area contributed by atoms with E-state index >= 15 is 0 Å². The Kier molecular flexibility index (Phi) is 6.41. The molecule has 0 saturated carbocycles. The van der Waals surface area contributed by atoms with Crippen LogP contribution in [0.3, 0.4) is 0 Å². The number of hydrogen-bond donors (Lipinski definition) is 1. The molecule has 0 spiro atoms. The summed E-state index contributed by atoms with van der Waals surface area (Å²) in [6, 6.07) is 16.6. The second-order valence-electron chi connectivity index (χ2n) is 6.10. The highest BCUT2D eigenvalue weighted by molar-refractivity contribution is 6.20. The summed E-state index contributed by atoms with van der Waals surface area (Å²) in [6.45, 7) is 4.87. The minimum absolute atomic E-state index is 0.260. The fourth-order valence-electron chi connectivity index (χ4n) is 2.86. The van der Waals surface area contributed by atoms with E-state index in [1.165, 1.54) is 0 Å². The Balaban J connectivity index is 1.66. The molecule has 5 heteroatoms. The number of morpholine rings is 1. The van der Waals surface area contributed by atoms with Crippen molar-refractivity contribution in [3.63, 3.8) is 0 Å². The van der Waals surface area contributed by atoms with Gasteiger partial charge in [0, 0.05) is 19.6 Å². The van der Waals surface area contributed by atoms with Crippen LogP contribution >= 0.6 is 0 Å². The quantitative estimate of drug-likeness (QED) is 0.612. The number of benzene rings is 2. The van der Waals surface area contributed by atoms with E-state index in [9.17, 15) is 9.90 Å². The monoisotopic (exact) mass is 353 g/mol. The lowest BCUT2D eigenvalue weighted by atomic mass is 10.0. The molecule has 26 heavy (non-hydrogen) atoms. The average molecular weight is 353 g/mol. The molecule has 1 fully saturated rings. The molecule has 2 aromatic rings. The predicted octanol–water partition coefficient (Wildman–Crippen LogP) is 3.02. The largest absolute Gasteiger partial charge is 0.492 e. The van der Waals surface area contributed by atoms with Gasteiger partial charge in [0.25, 0.3) is 0 Å². The second kappa shape index (κ2) is 9.17. The molecule has 3 rings (SSSR count). The fraction of sp³-hybridized carbons (Fsp3) is 0.286. The van der Waals surface area contributed by atoms with Gasteiger partial charge in [0.15, 0.2) is 0 Å². The third kappa shape index (κ3) is 5.18. The van der Waals surface area contributed by atoms with E-state index in [0.29, 0.717) is 12.2 Å². The van der Waals surface area contributed by atoms with Crippen molar-refractivity contribution in [1.29, 1.82) is 0 Å². The molecule has 0 bridgehead atoms. The van der Waals surface area contributed by atoms with E-state index < -0.39 is 5.97 Å². The first-order valence-electron chi connectivity index (χ1n) is 8.76. The summed E-state index contributed by atoms with van der Waals surface area (Å²) in [6.07, 6.45) is 1.67. The number of aliphatic carboxylic acids is 1. The Labute approximate surface area is 153 Å². The summed E-state index contributed by atoms with van der Waals surface area (Å²) in [4.78, 5) is 13.9. The summed E-state index contributed by atoms with van der Waals surface area (Å²) in [5.74, 6) is -0.209. The zero-order valence-electron chi connectivity index (χ0n) is 14.6. The van der Waals surface area contributed by atoms with Crippen LogP contribution in [-0.4, -0.2) is 55.4 Å². The standard InChI is InChI=1S/C21H23NO4/c23-21(24)20(18-6-2-1-3-7-18)16-17-5-4-8-19(15-17)26-14-11-22-9-12-25-13-10-22/h1-8,15-16H,9-14H2,(H,23,24)/b20-16-. The zero-order chi connectivity index (χ0) is 18.2. The first-order chi connectivity index (χ1) is 12.7. The van der Waals surface area contributed by atoms with Crippen molar-refractivity contribution in [1.82, 2.24) is 4.90 Å². The van der Waals surface area contributed by atoms with Crippen LogP contribution in [0.1, 0.15) is 11.1 Å². The number of carboxylic acid groups (broad SMARTS) is 1. The third-order valence-corrected chi connectivity index (χ3v) is 4.26. The highest BCUT2D eigenvalue weighted by Crippen LogP contribution is 2.21. The average Bonchev–Trinajstić information content (AvgIpc) is 2.68. The topological polar surface area (TPSA) is 59.0 Å². The van der Waals surface area contributed by atoms with Crippen molar-refractivity contribution in [2.24, 2.45) is 0 Å². The summed E-state index contributed by atoms with van der Waals surface area (Å²) >= 11 is 0. The van der Waals surface area contributed by atoms with E-state index in [0.717, 1.165) is 44.2 Å². The predicted molar refractivity (Wildman–Crippen MR) is 101 cm³/mol. The van der Waals surface area contributed by atoms with Crippen LogP contribution in [0.5, 0.6) is 5.75 Å². The molecule has 0 unspecified atom stereocenters. The van der Waals surface area contributed by atoms with Gasteiger partial charge in [0.1, 0.15) is 12.4 Å². The highest BCUT2D eigenvalue weighted by atomic mass is 16.5. The van der Waals surface area contributed by atoms with Gasteiger partial charge in [0.05, 0.1) is 18.8 Å². The second-order valence-corrected chi connectivity index (χ2v) is 6.10. The summed E-state index contributed by atoms with van der Waals surface area (Å²) in [5.41, 5.74) is 1.74. The maximum atomic E-state index is 11.6. The van der Waals surface area contributed by atoms with Crippen molar-refractivity contribution in [2.45, 2.75) is 0 Å². The van der Waals surface area contributed by atoms with E-state index in [-0.39, 0.29) is 5.57 Å². The third-order valence-electron chi connectivity index (χ3n) is 4.26. The molecule has 136 valence electrons. The minimum atomic E-state index is -0.949. The van der Waals surface area contributed by atoms with Crippen LogP contribution in [-0.2, 0) is 9.53 Å². The van der Waals surface area contributed by atoms with Gasteiger partial charge in [-0.3, -0.25) is 4.90 Å². The van der Waals surface area contributed by atoms with Gasteiger partial charge in [-0.1, -0.05) is 42.5 Å². The molecule has 1 saturated heterocycles. The van der Waals surface area contributed by atoms with E-state index in [1.807, 2.05) is 42.5 Å². The van der Waals surface area contributed by atoms with Gasteiger partial charge in [-0.15, -0.1) is 0 Å². The van der Waals surface area contributed by atoms with Crippen molar-refractivity contribution < 1.29 is 19.4 Å². The zero-order valence-corrected chi connectivity index (χ0v) is 14.6. The molecule has 1 N–H and O–H groups in total. The number of hydrogen-bond acceptors (Lipinski definition) is 4. The Bertz CT molecular complexity index is 752. The molecule has 0 atom stereocenters. The fourth-order valence-corrected chi connectivity index (χ4v) is 2.86.